The molecule has 3 amide bonds. The lowest BCUT2D eigenvalue weighted by atomic mass is 10.0. The predicted octanol–water partition coefficient (Wildman–Crippen LogP) is 2.41. The van der Waals surface area contributed by atoms with Crippen molar-refractivity contribution in [3.05, 3.63) is 35.6 Å². The molecule has 0 bridgehead atoms. The first-order chi connectivity index (χ1) is 11.0. The van der Waals surface area contributed by atoms with Crippen molar-refractivity contribution in [1.29, 1.82) is 0 Å². The van der Waals surface area contributed by atoms with Gasteiger partial charge in [0.2, 0.25) is 5.91 Å². The van der Waals surface area contributed by atoms with Crippen LogP contribution in [0.1, 0.15) is 38.7 Å². The molecule has 2 N–H and O–H groups in total. The van der Waals surface area contributed by atoms with Gasteiger partial charge in [-0.05, 0) is 50.8 Å². The predicted molar refractivity (Wildman–Crippen MR) is 86.3 cm³/mol. The Labute approximate surface area is 136 Å². The molecule has 5 nitrogen and oxygen atoms in total. The van der Waals surface area contributed by atoms with E-state index in [2.05, 4.69) is 10.6 Å². The number of carbonyl (C=O) groups is 2. The van der Waals surface area contributed by atoms with Crippen molar-refractivity contribution in [2.24, 2.45) is 0 Å². The number of hydrogen-bond donors (Lipinski definition) is 2. The van der Waals surface area contributed by atoms with Gasteiger partial charge in [-0.3, -0.25) is 4.79 Å². The fourth-order valence-electron chi connectivity index (χ4n) is 2.77. The minimum Gasteiger partial charge on any atom is -0.338 e. The van der Waals surface area contributed by atoms with Gasteiger partial charge < -0.3 is 15.5 Å². The van der Waals surface area contributed by atoms with Crippen LogP contribution in [-0.2, 0) is 11.3 Å². The molecule has 2 atom stereocenters. The van der Waals surface area contributed by atoms with Crippen molar-refractivity contribution in [1.82, 2.24) is 15.5 Å². The van der Waals surface area contributed by atoms with Crippen LogP contribution >= 0.6 is 0 Å². The number of halogens is 1. The normalized spacial score (nSPS) is 19.1. The summed E-state index contributed by atoms with van der Waals surface area (Å²) in [6.45, 7) is 4.77. The van der Waals surface area contributed by atoms with E-state index in [1.54, 1.807) is 19.1 Å². The van der Waals surface area contributed by atoms with Crippen molar-refractivity contribution in [2.45, 2.75) is 51.7 Å². The third kappa shape index (κ3) is 4.94. The fraction of sp³-hybridized carbons (Fsp3) is 0.529. The third-order valence-corrected chi connectivity index (χ3v) is 4.17. The van der Waals surface area contributed by atoms with E-state index in [1.807, 2.05) is 11.8 Å². The van der Waals surface area contributed by atoms with Crippen LogP contribution < -0.4 is 10.6 Å². The molecular weight excluding hydrogens is 297 g/mol. The molecule has 23 heavy (non-hydrogen) atoms. The van der Waals surface area contributed by atoms with Crippen molar-refractivity contribution in [3.8, 4) is 0 Å². The Morgan fingerprint density at radius 3 is 2.65 bits per heavy atom. The number of amides is 3. The van der Waals surface area contributed by atoms with Crippen LogP contribution in [0.2, 0.25) is 0 Å². The number of hydrogen-bond acceptors (Lipinski definition) is 2. The van der Waals surface area contributed by atoms with Crippen LogP contribution in [0.3, 0.4) is 0 Å². The molecule has 0 saturated carbocycles. The number of carbonyl (C=O) groups excluding carboxylic acids is 2. The first-order valence-electron chi connectivity index (χ1n) is 8.06. The Balaban J connectivity index is 1.79. The Kier molecular flexibility index (Phi) is 5.96. The second-order valence-corrected chi connectivity index (χ2v) is 6.05. The maximum absolute atomic E-state index is 12.8. The van der Waals surface area contributed by atoms with Crippen molar-refractivity contribution < 1.29 is 14.0 Å². The average molecular weight is 321 g/mol. The Morgan fingerprint density at radius 1 is 1.30 bits per heavy atom. The number of likely N-dealkylation sites (tertiary alicyclic amines) is 1. The first kappa shape index (κ1) is 17.2. The number of nitrogens with one attached hydrogen (secondary N) is 2. The largest absolute Gasteiger partial charge is 0.338 e. The van der Waals surface area contributed by atoms with Crippen molar-refractivity contribution in [3.63, 3.8) is 0 Å². The number of benzene rings is 1. The molecule has 126 valence electrons. The third-order valence-electron chi connectivity index (χ3n) is 4.17. The number of nitrogens with zero attached hydrogens (tertiary/aromatic N) is 1. The van der Waals surface area contributed by atoms with Gasteiger partial charge in [-0.1, -0.05) is 12.1 Å². The zero-order chi connectivity index (χ0) is 16.8. The summed E-state index contributed by atoms with van der Waals surface area (Å²) in [7, 11) is 0. The lowest BCUT2D eigenvalue weighted by molar-refractivity contribution is -0.136. The lowest BCUT2D eigenvalue weighted by Gasteiger charge is -2.35. The summed E-state index contributed by atoms with van der Waals surface area (Å²) in [6.07, 6.45) is 3.17. The van der Waals surface area contributed by atoms with E-state index < -0.39 is 12.1 Å². The summed E-state index contributed by atoms with van der Waals surface area (Å²) in [5.74, 6) is -0.359. The SMILES string of the molecule is CC(NC(=O)NCc1ccc(F)cc1)C(=O)N1CCCCC1C. The Hall–Kier alpha value is -2.11. The molecule has 1 aromatic rings. The van der Waals surface area contributed by atoms with Gasteiger partial charge in [-0.2, -0.15) is 0 Å². The van der Waals surface area contributed by atoms with Gasteiger partial charge in [0, 0.05) is 19.1 Å². The fourth-order valence-corrected chi connectivity index (χ4v) is 2.77. The zero-order valence-corrected chi connectivity index (χ0v) is 13.6. The van der Waals surface area contributed by atoms with Crippen molar-refractivity contribution >= 4 is 11.9 Å². The maximum Gasteiger partial charge on any atom is 0.315 e. The number of urea groups is 1. The van der Waals surface area contributed by atoms with E-state index in [1.165, 1.54) is 12.1 Å². The first-order valence-corrected chi connectivity index (χ1v) is 8.06. The molecule has 1 aromatic carbocycles. The summed E-state index contributed by atoms with van der Waals surface area (Å²) < 4.78 is 12.8. The quantitative estimate of drug-likeness (QED) is 0.894. The molecule has 1 saturated heterocycles. The average Bonchev–Trinajstić information content (AvgIpc) is 2.54. The van der Waals surface area contributed by atoms with Crippen LogP contribution in [0.25, 0.3) is 0 Å². The van der Waals surface area contributed by atoms with Crippen molar-refractivity contribution in [2.75, 3.05) is 6.54 Å². The van der Waals surface area contributed by atoms with Crippen LogP contribution in [0.15, 0.2) is 24.3 Å². The highest BCUT2D eigenvalue weighted by atomic mass is 19.1. The van der Waals surface area contributed by atoms with E-state index >= 15 is 0 Å². The molecular formula is C17H24FN3O2. The molecule has 0 aliphatic carbocycles. The topological polar surface area (TPSA) is 61.4 Å². The molecule has 0 radical (unpaired) electrons. The van der Waals surface area contributed by atoms with Gasteiger partial charge in [0.25, 0.3) is 0 Å². The molecule has 1 aliphatic heterocycles. The molecule has 1 aliphatic rings. The van der Waals surface area contributed by atoms with E-state index in [-0.39, 0.29) is 24.3 Å². The van der Waals surface area contributed by atoms with Gasteiger partial charge in [0.1, 0.15) is 11.9 Å². The van der Waals surface area contributed by atoms with Crippen LogP contribution in [0, 0.1) is 5.82 Å². The van der Waals surface area contributed by atoms with Crippen LogP contribution in [-0.4, -0.2) is 35.5 Å². The second-order valence-electron chi connectivity index (χ2n) is 6.05. The monoisotopic (exact) mass is 321 g/mol. The smallest absolute Gasteiger partial charge is 0.315 e. The summed E-state index contributed by atoms with van der Waals surface area (Å²) in [5, 5.41) is 5.34. The number of rotatable bonds is 4. The molecule has 0 aromatic heterocycles. The van der Waals surface area contributed by atoms with E-state index in [0.717, 1.165) is 31.4 Å². The molecule has 0 spiro atoms. The van der Waals surface area contributed by atoms with E-state index in [4.69, 9.17) is 0 Å². The molecule has 2 unspecified atom stereocenters. The number of piperidine rings is 1. The molecule has 2 rings (SSSR count). The van der Waals surface area contributed by atoms with E-state index in [9.17, 15) is 14.0 Å². The summed E-state index contributed by atoms with van der Waals surface area (Å²) in [6, 6.07) is 5.17. The van der Waals surface area contributed by atoms with Crippen LogP contribution in [0.5, 0.6) is 0 Å². The summed E-state index contributed by atoms with van der Waals surface area (Å²) in [4.78, 5) is 26.1. The highest BCUT2D eigenvalue weighted by Crippen LogP contribution is 2.17. The minimum atomic E-state index is -0.566. The molecule has 1 heterocycles. The summed E-state index contributed by atoms with van der Waals surface area (Å²) in [5.41, 5.74) is 0.796. The standard InChI is InChI=1S/C17H24FN3O2/c1-12-5-3-4-10-21(12)16(22)13(2)20-17(23)19-11-14-6-8-15(18)9-7-14/h6-9,12-13H,3-5,10-11H2,1-2H3,(H2,19,20,23). The Bertz CT molecular complexity index is 547. The maximum atomic E-state index is 12.8. The Morgan fingerprint density at radius 2 is 2.00 bits per heavy atom. The van der Waals surface area contributed by atoms with Gasteiger partial charge in [-0.25, -0.2) is 9.18 Å². The highest BCUT2D eigenvalue weighted by Gasteiger charge is 2.27. The summed E-state index contributed by atoms with van der Waals surface area (Å²) >= 11 is 0. The van der Waals surface area contributed by atoms with Gasteiger partial charge in [-0.15, -0.1) is 0 Å². The lowest BCUT2D eigenvalue weighted by Crippen LogP contribution is -2.53. The minimum absolute atomic E-state index is 0.0471. The molecule has 1 fully saturated rings. The van der Waals surface area contributed by atoms with Gasteiger partial charge >= 0.3 is 6.03 Å². The highest BCUT2D eigenvalue weighted by molar-refractivity contribution is 5.86. The van der Waals surface area contributed by atoms with Crippen LogP contribution in [0.4, 0.5) is 9.18 Å². The molecule has 6 heteroatoms. The second kappa shape index (κ2) is 7.94. The zero-order valence-electron chi connectivity index (χ0n) is 13.6. The van der Waals surface area contributed by atoms with Gasteiger partial charge in [0.05, 0.1) is 0 Å². The van der Waals surface area contributed by atoms with E-state index in [0.29, 0.717) is 0 Å². The van der Waals surface area contributed by atoms with Gasteiger partial charge in [0.15, 0.2) is 0 Å².